The minimum Gasteiger partial charge on any atom is -0.481 e. The van der Waals surface area contributed by atoms with E-state index in [1.165, 1.54) is 68.9 Å². The van der Waals surface area contributed by atoms with E-state index in [1.807, 2.05) is 6.26 Å². The van der Waals surface area contributed by atoms with E-state index in [0.717, 1.165) is 69.6 Å². The zero-order valence-electron chi connectivity index (χ0n) is 31.8. The largest absolute Gasteiger partial charge is 0.481 e. The van der Waals surface area contributed by atoms with Crippen molar-refractivity contribution in [1.29, 1.82) is 0 Å². The van der Waals surface area contributed by atoms with Gasteiger partial charge in [0.2, 0.25) is 0 Å². The van der Waals surface area contributed by atoms with Crippen LogP contribution in [0.3, 0.4) is 0 Å². The molecule has 0 bridgehead atoms. The summed E-state index contributed by atoms with van der Waals surface area (Å²) in [5, 5.41) is 14.3. The number of hydrogen-bond acceptors (Lipinski definition) is 4. The maximum absolute atomic E-state index is 12.0. The van der Waals surface area contributed by atoms with E-state index in [-0.39, 0.29) is 16.9 Å². The fourth-order valence-corrected chi connectivity index (χ4v) is 15.4. The molecule has 1 aliphatic heterocycles. The van der Waals surface area contributed by atoms with Crippen LogP contribution >= 0.6 is 0 Å². The van der Waals surface area contributed by atoms with Gasteiger partial charge in [-0.15, -0.1) is 0 Å². The molecule has 5 nitrogen and oxygen atoms in total. The minimum atomic E-state index is -0.687. The second-order valence-electron chi connectivity index (χ2n) is 19.3. The summed E-state index contributed by atoms with van der Waals surface area (Å²) in [5.41, 5.74) is 5.51. The van der Waals surface area contributed by atoms with E-state index in [1.54, 1.807) is 5.57 Å². The predicted molar refractivity (Wildman–Crippen MR) is 203 cm³/mol. The van der Waals surface area contributed by atoms with Crippen LogP contribution in [0.4, 0.5) is 0 Å². The van der Waals surface area contributed by atoms with E-state index >= 15 is 0 Å². The molecule has 6 aliphatic carbocycles. The number of likely N-dealkylation sites (tertiary alicyclic amines) is 1. The zero-order valence-corrected chi connectivity index (χ0v) is 32.6. The van der Waals surface area contributed by atoms with Crippen LogP contribution in [0, 0.1) is 57.7 Å². The molecule has 9 unspecified atom stereocenters. The Morgan fingerprint density at radius 1 is 0.959 bits per heavy atom. The van der Waals surface area contributed by atoms with Crippen molar-refractivity contribution in [2.45, 2.75) is 135 Å². The van der Waals surface area contributed by atoms with Gasteiger partial charge in [0.05, 0.1) is 5.92 Å². The number of carbonyl (C=O) groups is 1. The number of piperidine rings is 1. The number of carboxylic acids is 1. The van der Waals surface area contributed by atoms with Crippen molar-refractivity contribution >= 4 is 16.8 Å². The van der Waals surface area contributed by atoms with Crippen LogP contribution in [-0.4, -0.2) is 63.4 Å². The van der Waals surface area contributed by atoms with Crippen molar-refractivity contribution in [1.82, 2.24) is 10.2 Å². The van der Waals surface area contributed by atoms with Gasteiger partial charge in [0.1, 0.15) is 0 Å². The van der Waals surface area contributed by atoms with Gasteiger partial charge < -0.3 is 15.3 Å². The van der Waals surface area contributed by atoms with E-state index in [9.17, 15) is 14.1 Å². The van der Waals surface area contributed by atoms with Gasteiger partial charge in [0.25, 0.3) is 0 Å². The molecular weight excluding hydrogens is 625 g/mol. The van der Waals surface area contributed by atoms with Gasteiger partial charge in [-0.3, -0.25) is 9.00 Å². The first-order chi connectivity index (χ1) is 23.2. The SMILES string of the molecule is C=C(C)[C@@H]1CCC2(NCCN3CCC(S(C)=O)CC3)CCC3C(CCC4C3(C)CCC3C(C)(C)C(C5=CCC(C(=O)O)CC5)=CCC34C)[C@@H]12. The predicted octanol–water partition coefficient (Wildman–Crippen LogP) is 8.79. The molecule has 6 heteroatoms. The summed E-state index contributed by atoms with van der Waals surface area (Å²) < 4.78 is 12.0. The maximum Gasteiger partial charge on any atom is 0.306 e. The molecule has 5 fully saturated rings. The van der Waals surface area contributed by atoms with Crippen LogP contribution in [0.25, 0.3) is 0 Å². The Bertz CT molecular complexity index is 1390. The molecule has 4 saturated carbocycles. The van der Waals surface area contributed by atoms with Crippen LogP contribution in [0.5, 0.6) is 0 Å². The van der Waals surface area contributed by atoms with Crippen molar-refractivity contribution in [3.05, 3.63) is 35.5 Å². The molecule has 2 N–H and O–H groups in total. The highest BCUT2D eigenvalue weighted by molar-refractivity contribution is 7.84. The molecule has 0 aromatic carbocycles. The Morgan fingerprint density at radius 3 is 2.35 bits per heavy atom. The van der Waals surface area contributed by atoms with Gasteiger partial charge in [-0.2, -0.15) is 0 Å². The average Bonchev–Trinajstić information content (AvgIpc) is 3.45. The van der Waals surface area contributed by atoms with E-state index in [2.05, 4.69) is 63.6 Å². The van der Waals surface area contributed by atoms with Crippen molar-refractivity contribution < 1.29 is 14.1 Å². The highest BCUT2D eigenvalue weighted by Gasteiger charge is 2.66. The first-order valence-corrected chi connectivity index (χ1v) is 21.9. The minimum absolute atomic E-state index is 0.123. The lowest BCUT2D eigenvalue weighted by Crippen LogP contribution is -2.64. The van der Waals surface area contributed by atoms with Crippen LogP contribution in [0.1, 0.15) is 125 Å². The molecule has 7 rings (SSSR count). The summed E-state index contributed by atoms with van der Waals surface area (Å²) in [7, 11) is -0.687. The molecule has 0 radical (unpaired) electrons. The molecule has 0 aromatic rings. The second-order valence-corrected chi connectivity index (χ2v) is 20.9. The van der Waals surface area contributed by atoms with Crippen LogP contribution in [-0.2, 0) is 15.6 Å². The summed E-state index contributed by atoms with van der Waals surface area (Å²) in [6.07, 6.45) is 23.3. The van der Waals surface area contributed by atoms with E-state index in [0.29, 0.717) is 40.3 Å². The monoisotopic (exact) mass is 692 g/mol. The lowest BCUT2D eigenvalue weighted by molar-refractivity contribution is -0.177. The van der Waals surface area contributed by atoms with Gasteiger partial charge in [0, 0.05) is 40.9 Å². The molecule has 274 valence electrons. The third-order valence-corrected chi connectivity index (χ3v) is 18.2. The van der Waals surface area contributed by atoms with Gasteiger partial charge in [-0.25, -0.2) is 0 Å². The normalized spacial score (nSPS) is 44.4. The Kier molecular flexibility index (Phi) is 9.82. The standard InChI is InChI=1S/C43H68N2O3S/c1-28(2)32-14-22-43(44-24-27-45-25-18-31(19-26-45)49(7)48)23-16-35-33(38(32)43)12-13-37-41(35,5)21-17-36-40(3,4)34(15-20-42(36,37)6)29-8-10-30(11-9-29)39(46)47/h8,15,30-33,35-38,44H,1,9-14,16-27H2,2-7H3,(H,46,47)/t30?,32-,33?,35?,36?,37?,38+,41?,42?,43?,49?/m0/s1. The third-order valence-electron chi connectivity index (χ3n) is 16.8. The van der Waals surface area contributed by atoms with Crippen LogP contribution in [0.15, 0.2) is 35.5 Å². The molecule has 1 heterocycles. The van der Waals surface area contributed by atoms with Gasteiger partial charge in [-0.1, -0.05) is 52.0 Å². The number of carboxylic acid groups (broad SMARTS) is 1. The van der Waals surface area contributed by atoms with E-state index < -0.39 is 16.8 Å². The maximum atomic E-state index is 12.0. The first kappa shape index (κ1) is 36.1. The topological polar surface area (TPSA) is 69.6 Å². The van der Waals surface area contributed by atoms with Gasteiger partial charge >= 0.3 is 5.97 Å². The number of allylic oxidation sites excluding steroid dienone is 5. The summed E-state index contributed by atoms with van der Waals surface area (Å²) in [4.78, 5) is 14.3. The van der Waals surface area contributed by atoms with Gasteiger partial charge in [0.15, 0.2) is 0 Å². The highest BCUT2D eigenvalue weighted by Crippen LogP contribution is 2.73. The Labute approximate surface area is 301 Å². The second kappa shape index (κ2) is 13.3. The summed E-state index contributed by atoms with van der Waals surface area (Å²) in [6.45, 7) is 21.8. The van der Waals surface area contributed by atoms with Crippen molar-refractivity contribution in [2.75, 3.05) is 32.4 Å². The molecule has 0 aromatic heterocycles. The molecular formula is C43H68N2O3S. The Morgan fingerprint density at radius 2 is 1.69 bits per heavy atom. The lowest BCUT2D eigenvalue weighted by atomic mass is 9.36. The number of aliphatic carboxylic acids is 1. The van der Waals surface area contributed by atoms with Crippen LogP contribution < -0.4 is 5.32 Å². The number of rotatable bonds is 8. The zero-order chi connectivity index (χ0) is 34.9. The quantitative estimate of drug-likeness (QED) is 0.249. The first-order valence-electron chi connectivity index (χ1n) is 20.3. The summed E-state index contributed by atoms with van der Waals surface area (Å²) in [6, 6.07) is 0. The van der Waals surface area contributed by atoms with Crippen molar-refractivity contribution in [2.24, 2.45) is 57.7 Å². The van der Waals surface area contributed by atoms with E-state index in [4.69, 9.17) is 0 Å². The number of hydrogen-bond donors (Lipinski definition) is 2. The van der Waals surface area contributed by atoms with Crippen molar-refractivity contribution in [3.8, 4) is 0 Å². The summed E-state index contributed by atoms with van der Waals surface area (Å²) >= 11 is 0. The number of nitrogens with zero attached hydrogens (tertiary/aromatic N) is 1. The molecule has 1 saturated heterocycles. The third kappa shape index (κ3) is 6.02. The molecule has 0 amide bonds. The number of nitrogens with one attached hydrogen (secondary N) is 1. The molecule has 11 atom stereocenters. The highest BCUT2D eigenvalue weighted by atomic mass is 32.2. The average molecular weight is 693 g/mol. The van der Waals surface area contributed by atoms with Crippen LogP contribution in [0.2, 0.25) is 0 Å². The Hall–Kier alpha value is -1.24. The lowest BCUT2D eigenvalue weighted by Gasteiger charge is -2.69. The fourth-order valence-electron chi connectivity index (χ4n) is 14.5. The smallest absolute Gasteiger partial charge is 0.306 e. The molecule has 49 heavy (non-hydrogen) atoms. The van der Waals surface area contributed by atoms with Crippen molar-refractivity contribution in [3.63, 3.8) is 0 Å². The molecule has 0 spiro atoms. The van der Waals surface area contributed by atoms with Gasteiger partial charge in [-0.05, 0) is 173 Å². The summed E-state index contributed by atoms with van der Waals surface area (Å²) in [5.74, 6) is 3.55. The fraction of sp³-hybridized carbons (Fsp3) is 0.837. The Balaban J connectivity index is 1.09. The number of fused-ring (bicyclic) bond motifs is 7. The molecule has 7 aliphatic rings.